The molecule has 0 unspecified atom stereocenters. The lowest BCUT2D eigenvalue weighted by molar-refractivity contribution is 0.0443. The van der Waals surface area contributed by atoms with Crippen molar-refractivity contribution in [3.63, 3.8) is 0 Å². The summed E-state index contributed by atoms with van der Waals surface area (Å²) in [5.74, 6) is 6.34. The molecule has 3 aromatic rings. The molecule has 4 heteroatoms. The molecule has 1 aliphatic heterocycles. The molecule has 126 valence electrons. The average Bonchev–Trinajstić information content (AvgIpc) is 2.63. The van der Waals surface area contributed by atoms with Gasteiger partial charge in [-0.1, -0.05) is 30.0 Å². The number of rotatable bonds is 1. The van der Waals surface area contributed by atoms with Gasteiger partial charge in [-0.05, 0) is 30.7 Å². The molecular formula is C21H19NO3. The van der Waals surface area contributed by atoms with Crippen molar-refractivity contribution in [2.45, 2.75) is 6.92 Å². The third-order valence-corrected chi connectivity index (χ3v) is 4.51. The van der Waals surface area contributed by atoms with E-state index in [1.54, 1.807) is 0 Å². The van der Waals surface area contributed by atoms with Crippen LogP contribution in [0.4, 0.5) is 0 Å². The van der Waals surface area contributed by atoms with E-state index in [1.807, 2.05) is 43.3 Å². The number of fused-ring (bicyclic) bond motifs is 3. The van der Waals surface area contributed by atoms with Gasteiger partial charge in [0.25, 0.3) is 0 Å². The third-order valence-electron chi connectivity index (χ3n) is 4.51. The summed E-state index contributed by atoms with van der Waals surface area (Å²) in [7, 11) is 0. The van der Waals surface area contributed by atoms with Crippen molar-refractivity contribution >= 4 is 21.7 Å². The second kappa shape index (κ2) is 6.72. The highest BCUT2D eigenvalue weighted by atomic mass is 16.5. The fourth-order valence-corrected chi connectivity index (χ4v) is 3.13. The van der Waals surface area contributed by atoms with Gasteiger partial charge in [-0.15, -0.1) is 0 Å². The third kappa shape index (κ3) is 3.30. The quantitative estimate of drug-likeness (QED) is 0.390. The minimum Gasteiger partial charge on any atom is -0.422 e. The van der Waals surface area contributed by atoms with Gasteiger partial charge in [-0.3, -0.25) is 4.90 Å². The highest BCUT2D eigenvalue weighted by Gasteiger charge is 2.09. The predicted octanol–water partition coefficient (Wildman–Crippen LogP) is 2.94. The monoisotopic (exact) mass is 333 g/mol. The van der Waals surface area contributed by atoms with E-state index >= 15 is 0 Å². The van der Waals surface area contributed by atoms with Gasteiger partial charge in [-0.25, -0.2) is 4.79 Å². The molecule has 0 saturated carbocycles. The number of ether oxygens (including phenoxy) is 1. The summed E-state index contributed by atoms with van der Waals surface area (Å²) >= 11 is 0. The average molecular weight is 333 g/mol. The predicted molar refractivity (Wildman–Crippen MR) is 98.9 cm³/mol. The maximum atomic E-state index is 12.3. The van der Waals surface area contributed by atoms with Gasteiger partial charge < -0.3 is 9.15 Å². The fourth-order valence-electron chi connectivity index (χ4n) is 3.13. The summed E-state index contributed by atoms with van der Waals surface area (Å²) < 4.78 is 10.8. The Morgan fingerprint density at radius 2 is 1.84 bits per heavy atom. The van der Waals surface area contributed by atoms with Crippen molar-refractivity contribution in [2.24, 2.45) is 0 Å². The van der Waals surface area contributed by atoms with Crippen molar-refractivity contribution in [3.05, 3.63) is 57.9 Å². The first-order valence-corrected chi connectivity index (χ1v) is 8.47. The molecule has 0 N–H and O–H groups in total. The van der Waals surface area contributed by atoms with E-state index in [2.05, 4.69) is 16.7 Å². The van der Waals surface area contributed by atoms with Crippen molar-refractivity contribution < 1.29 is 9.15 Å². The zero-order valence-electron chi connectivity index (χ0n) is 14.2. The van der Waals surface area contributed by atoms with E-state index in [0.29, 0.717) is 17.5 Å². The Morgan fingerprint density at radius 1 is 1.04 bits per heavy atom. The molecule has 0 bridgehead atoms. The largest absolute Gasteiger partial charge is 0.422 e. The molecule has 2 aromatic carbocycles. The molecule has 1 aliphatic rings. The van der Waals surface area contributed by atoms with E-state index < -0.39 is 0 Å². The van der Waals surface area contributed by atoms with Crippen molar-refractivity contribution in [2.75, 3.05) is 32.8 Å². The van der Waals surface area contributed by atoms with E-state index in [4.69, 9.17) is 9.15 Å². The number of hydrogen-bond acceptors (Lipinski definition) is 4. The van der Waals surface area contributed by atoms with Gasteiger partial charge in [-0.2, -0.15) is 0 Å². The number of aryl methyl sites for hydroxylation is 1. The first kappa shape index (κ1) is 15.9. The Bertz CT molecular complexity index is 1050. The van der Waals surface area contributed by atoms with Crippen molar-refractivity contribution in [3.8, 4) is 11.8 Å². The van der Waals surface area contributed by atoms with Crippen molar-refractivity contribution in [1.29, 1.82) is 0 Å². The summed E-state index contributed by atoms with van der Waals surface area (Å²) in [4.78, 5) is 14.6. The Kier molecular flexibility index (Phi) is 4.27. The van der Waals surface area contributed by atoms with E-state index in [9.17, 15) is 4.79 Å². The van der Waals surface area contributed by atoms with Crippen molar-refractivity contribution in [1.82, 2.24) is 4.90 Å². The molecular weight excluding hydrogens is 314 g/mol. The zero-order valence-corrected chi connectivity index (χ0v) is 14.2. The van der Waals surface area contributed by atoms with Crippen LogP contribution in [0.5, 0.6) is 0 Å². The standard InChI is InChI=1S/C21H19NO3/c1-15-4-6-18-17-7-5-16(3-2-8-22-9-11-24-12-10-22)14-19(17)21(23)25-20(18)13-15/h4-7,13-14H,8-12H2,1H3. The summed E-state index contributed by atoms with van der Waals surface area (Å²) in [6.45, 7) is 6.07. The lowest BCUT2D eigenvalue weighted by atomic mass is 10.0. The SMILES string of the molecule is Cc1ccc2c(c1)oc(=O)c1cc(C#CCN3CCOCC3)ccc12. The molecule has 0 spiro atoms. The van der Waals surface area contributed by atoms with Crippen LogP contribution in [0, 0.1) is 18.8 Å². The molecule has 1 fully saturated rings. The van der Waals surface area contributed by atoms with Gasteiger partial charge in [0.1, 0.15) is 5.58 Å². The minimum atomic E-state index is -0.315. The Morgan fingerprint density at radius 3 is 2.68 bits per heavy atom. The molecule has 0 radical (unpaired) electrons. The first-order chi connectivity index (χ1) is 12.2. The van der Waals surface area contributed by atoms with Crippen LogP contribution in [-0.2, 0) is 4.74 Å². The molecule has 0 atom stereocenters. The van der Waals surface area contributed by atoms with Gasteiger partial charge >= 0.3 is 5.63 Å². The number of nitrogens with zero attached hydrogens (tertiary/aromatic N) is 1. The Hall–Kier alpha value is -2.61. The number of benzene rings is 2. The lowest BCUT2D eigenvalue weighted by Crippen LogP contribution is -2.36. The smallest absolute Gasteiger partial charge is 0.344 e. The minimum absolute atomic E-state index is 0.315. The molecule has 0 aliphatic carbocycles. The summed E-state index contributed by atoms with van der Waals surface area (Å²) in [5, 5.41) is 2.44. The summed E-state index contributed by atoms with van der Waals surface area (Å²) in [6, 6.07) is 11.7. The van der Waals surface area contributed by atoms with Gasteiger partial charge in [0.2, 0.25) is 0 Å². The van der Waals surface area contributed by atoms with Gasteiger partial charge in [0.15, 0.2) is 0 Å². The number of hydrogen-bond donors (Lipinski definition) is 0. The summed E-state index contributed by atoms with van der Waals surface area (Å²) in [5.41, 5.74) is 2.22. The molecule has 4 rings (SSSR count). The van der Waals surface area contributed by atoms with Gasteiger partial charge in [0.05, 0.1) is 25.1 Å². The highest BCUT2D eigenvalue weighted by molar-refractivity contribution is 6.04. The Balaban J connectivity index is 1.68. The van der Waals surface area contributed by atoms with Crippen LogP contribution in [0.15, 0.2) is 45.6 Å². The van der Waals surface area contributed by atoms with Crippen LogP contribution >= 0.6 is 0 Å². The first-order valence-electron chi connectivity index (χ1n) is 8.47. The molecule has 1 saturated heterocycles. The highest BCUT2D eigenvalue weighted by Crippen LogP contribution is 2.24. The Labute approximate surface area is 146 Å². The van der Waals surface area contributed by atoms with Crippen LogP contribution in [0.2, 0.25) is 0 Å². The molecule has 2 heterocycles. The van der Waals surface area contributed by atoms with Crippen LogP contribution in [0.1, 0.15) is 11.1 Å². The van der Waals surface area contributed by atoms with Crippen LogP contribution in [0.25, 0.3) is 21.7 Å². The fraction of sp³-hybridized carbons (Fsp3) is 0.286. The second-order valence-corrected chi connectivity index (χ2v) is 6.34. The molecule has 0 amide bonds. The topological polar surface area (TPSA) is 42.7 Å². The molecule has 25 heavy (non-hydrogen) atoms. The van der Waals surface area contributed by atoms with Crippen LogP contribution in [-0.4, -0.2) is 37.7 Å². The van der Waals surface area contributed by atoms with E-state index in [-0.39, 0.29) is 5.63 Å². The molecule has 1 aromatic heterocycles. The van der Waals surface area contributed by atoms with E-state index in [0.717, 1.165) is 48.2 Å². The maximum absolute atomic E-state index is 12.3. The van der Waals surface area contributed by atoms with Crippen LogP contribution in [0.3, 0.4) is 0 Å². The zero-order chi connectivity index (χ0) is 17.2. The number of morpholine rings is 1. The normalized spacial score (nSPS) is 15.2. The lowest BCUT2D eigenvalue weighted by Gasteiger charge is -2.24. The summed E-state index contributed by atoms with van der Waals surface area (Å²) in [6.07, 6.45) is 0. The van der Waals surface area contributed by atoms with E-state index in [1.165, 1.54) is 0 Å². The second-order valence-electron chi connectivity index (χ2n) is 6.34. The molecule has 4 nitrogen and oxygen atoms in total. The van der Waals surface area contributed by atoms with Gasteiger partial charge in [0, 0.05) is 29.4 Å². The van der Waals surface area contributed by atoms with Crippen LogP contribution < -0.4 is 5.63 Å². The maximum Gasteiger partial charge on any atom is 0.344 e.